The van der Waals surface area contributed by atoms with Crippen LogP contribution in [-0.2, 0) is 16.0 Å². The quantitative estimate of drug-likeness (QED) is 0.812. The van der Waals surface area contributed by atoms with Crippen LogP contribution in [0, 0.1) is 5.92 Å². The van der Waals surface area contributed by atoms with Crippen molar-refractivity contribution in [3.05, 3.63) is 35.6 Å². The van der Waals surface area contributed by atoms with E-state index >= 15 is 0 Å². The second kappa shape index (κ2) is 8.82. The largest absolute Gasteiger partial charge is 0.355 e. The molecule has 0 aromatic carbocycles. The van der Waals surface area contributed by atoms with Gasteiger partial charge in [-0.1, -0.05) is 19.3 Å². The Morgan fingerprint density at radius 1 is 1.21 bits per heavy atom. The van der Waals surface area contributed by atoms with E-state index in [1.54, 1.807) is 23.7 Å². The standard InChI is InChI=1S/C21H26N4O2S/c26-19-12-16(13-25(19)18-4-2-1-3-5-18)20(27)23-11-8-17-14-28-21(24-17)15-6-9-22-10-7-15/h6-7,9-10,14,16,18H,1-5,8,11-13H2,(H,23,27). The number of pyridine rings is 1. The summed E-state index contributed by atoms with van der Waals surface area (Å²) in [5.74, 6) is -0.0676. The summed E-state index contributed by atoms with van der Waals surface area (Å²) in [7, 11) is 0. The maximum Gasteiger partial charge on any atom is 0.225 e. The highest BCUT2D eigenvalue weighted by atomic mass is 32.1. The van der Waals surface area contributed by atoms with E-state index < -0.39 is 0 Å². The number of nitrogens with one attached hydrogen (secondary N) is 1. The summed E-state index contributed by atoms with van der Waals surface area (Å²) in [6, 6.07) is 4.24. The molecular weight excluding hydrogens is 372 g/mol. The van der Waals surface area contributed by atoms with Gasteiger partial charge in [0.2, 0.25) is 11.8 Å². The number of aromatic nitrogens is 2. The number of carbonyl (C=O) groups excluding carboxylic acids is 2. The summed E-state index contributed by atoms with van der Waals surface area (Å²) in [5.41, 5.74) is 2.03. The molecule has 2 fully saturated rings. The number of carbonyl (C=O) groups is 2. The minimum absolute atomic E-state index is 0.00348. The summed E-state index contributed by atoms with van der Waals surface area (Å²) in [5, 5.41) is 6.00. The first-order chi connectivity index (χ1) is 13.7. The van der Waals surface area contributed by atoms with Gasteiger partial charge in [-0.15, -0.1) is 11.3 Å². The molecule has 0 bridgehead atoms. The van der Waals surface area contributed by atoms with Crippen LogP contribution in [0.2, 0.25) is 0 Å². The molecule has 4 rings (SSSR count). The molecule has 28 heavy (non-hydrogen) atoms. The smallest absolute Gasteiger partial charge is 0.225 e. The van der Waals surface area contributed by atoms with Crippen LogP contribution in [0.5, 0.6) is 0 Å². The van der Waals surface area contributed by atoms with Crippen LogP contribution >= 0.6 is 11.3 Å². The molecule has 1 unspecified atom stereocenters. The van der Waals surface area contributed by atoms with Gasteiger partial charge in [-0.05, 0) is 25.0 Å². The van der Waals surface area contributed by atoms with E-state index in [0.29, 0.717) is 32.0 Å². The Kier molecular flexibility index (Phi) is 6.00. The minimum atomic E-state index is -0.211. The molecular formula is C21H26N4O2S. The molecule has 1 aliphatic heterocycles. The SMILES string of the molecule is O=C(NCCc1csc(-c2ccncc2)n1)C1CC(=O)N(C2CCCCC2)C1. The van der Waals surface area contributed by atoms with Gasteiger partial charge in [0, 0.05) is 55.3 Å². The molecule has 2 aromatic heterocycles. The topological polar surface area (TPSA) is 75.2 Å². The maximum absolute atomic E-state index is 12.5. The Labute approximate surface area is 169 Å². The van der Waals surface area contributed by atoms with Crippen LogP contribution in [0.1, 0.15) is 44.2 Å². The Hall–Kier alpha value is -2.28. The van der Waals surface area contributed by atoms with E-state index in [1.165, 1.54) is 19.3 Å². The van der Waals surface area contributed by atoms with E-state index in [4.69, 9.17) is 0 Å². The van der Waals surface area contributed by atoms with E-state index in [9.17, 15) is 9.59 Å². The molecule has 3 heterocycles. The van der Waals surface area contributed by atoms with Crippen LogP contribution in [0.4, 0.5) is 0 Å². The van der Waals surface area contributed by atoms with Gasteiger partial charge in [-0.25, -0.2) is 4.98 Å². The first-order valence-corrected chi connectivity index (χ1v) is 11.0. The molecule has 1 saturated heterocycles. The molecule has 1 atom stereocenters. The second-order valence-electron chi connectivity index (χ2n) is 7.66. The molecule has 2 aliphatic rings. The molecule has 6 nitrogen and oxygen atoms in total. The average molecular weight is 399 g/mol. The summed E-state index contributed by atoms with van der Waals surface area (Å²) in [6.45, 7) is 1.13. The van der Waals surface area contributed by atoms with Gasteiger partial charge >= 0.3 is 0 Å². The zero-order chi connectivity index (χ0) is 19.3. The summed E-state index contributed by atoms with van der Waals surface area (Å²) < 4.78 is 0. The lowest BCUT2D eigenvalue weighted by molar-refractivity contribution is -0.130. The minimum Gasteiger partial charge on any atom is -0.355 e. The van der Waals surface area contributed by atoms with Crippen molar-refractivity contribution in [3.8, 4) is 10.6 Å². The van der Waals surface area contributed by atoms with Gasteiger partial charge in [0.15, 0.2) is 0 Å². The number of nitrogens with zero attached hydrogens (tertiary/aromatic N) is 3. The van der Waals surface area contributed by atoms with Crippen molar-refractivity contribution in [2.45, 2.75) is 51.0 Å². The van der Waals surface area contributed by atoms with Gasteiger partial charge in [-0.2, -0.15) is 0 Å². The number of hydrogen-bond donors (Lipinski definition) is 1. The third-order valence-corrected chi connectivity index (χ3v) is 6.64. The molecule has 7 heteroatoms. The van der Waals surface area contributed by atoms with Gasteiger partial charge < -0.3 is 10.2 Å². The predicted molar refractivity (Wildman–Crippen MR) is 109 cm³/mol. The van der Waals surface area contributed by atoms with Crippen molar-refractivity contribution >= 4 is 23.2 Å². The third-order valence-electron chi connectivity index (χ3n) is 5.70. The number of amides is 2. The Balaban J connectivity index is 1.25. The summed E-state index contributed by atoms with van der Waals surface area (Å²) in [6.07, 6.45) is 10.4. The fraction of sp³-hybridized carbons (Fsp3) is 0.524. The summed E-state index contributed by atoms with van der Waals surface area (Å²) in [4.78, 5) is 35.5. The molecule has 0 spiro atoms. The van der Waals surface area contributed by atoms with Gasteiger partial charge in [0.25, 0.3) is 0 Å². The molecule has 2 amide bonds. The zero-order valence-corrected chi connectivity index (χ0v) is 16.8. The first-order valence-electron chi connectivity index (χ1n) is 10.1. The van der Waals surface area contributed by atoms with Crippen molar-refractivity contribution in [1.29, 1.82) is 0 Å². The lowest BCUT2D eigenvalue weighted by atomic mass is 9.94. The fourth-order valence-corrected chi connectivity index (χ4v) is 5.02. The van der Waals surface area contributed by atoms with Crippen LogP contribution in [0.15, 0.2) is 29.9 Å². The van der Waals surface area contributed by atoms with E-state index in [1.807, 2.05) is 22.4 Å². The predicted octanol–water partition coefficient (Wildman–Crippen LogP) is 3.05. The summed E-state index contributed by atoms with van der Waals surface area (Å²) >= 11 is 1.60. The van der Waals surface area contributed by atoms with E-state index in [-0.39, 0.29) is 17.7 Å². The molecule has 148 valence electrons. The maximum atomic E-state index is 12.5. The lowest BCUT2D eigenvalue weighted by Gasteiger charge is -2.31. The molecule has 0 radical (unpaired) electrons. The lowest BCUT2D eigenvalue weighted by Crippen LogP contribution is -2.39. The van der Waals surface area contributed by atoms with Crippen LogP contribution in [0.3, 0.4) is 0 Å². The highest BCUT2D eigenvalue weighted by molar-refractivity contribution is 7.13. The van der Waals surface area contributed by atoms with Crippen molar-refractivity contribution in [2.75, 3.05) is 13.1 Å². The van der Waals surface area contributed by atoms with Crippen molar-refractivity contribution in [3.63, 3.8) is 0 Å². The Bertz CT molecular complexity index is 817. The van der Waals surface area contributed by atoms with Crippen LogP contribution in [-0.4, -0.2) is 45.8 Å². The highest BCUT2D eigenvalue weighted by Crippen LogP contribution is 2.28. The Morgan fingerprint density at radius 2 is 2.00 bits per heavy atom. The number of likely N-dealkylation sites (tertiary alicyclic amines) is 1. The highest BCUT2D eigenvalue weighted by Gasteiger charge is 2.37. The van der Waals surface area contributed by atoms with Gasteiger partial charge in [-0.3, -0.25) is 14.6 Å². The van der Waals surface area contributed by atoms with Crippen molar-refractivity contribution < 1.29 is 9.59 Å². The second-order valence-corrected chi connectivity index (χ2v) is 8.52. The fourth-order valence-electron chi connectivity index (χ4n) is 4.16. The van der Waals surface area contributed by atoms with Gasteiger partial charge in [0.05, 0.1) is 11.6 Å². The number of thiazole rings is 1. The van der Waals surface area contributed by atoms with Gasteiger partial charge in [0.1, 0.15) is 5.01 Å². The van der Waals surface area contributed by atoms with Crippen molar-refractivity contribution in [1.82, 2.24) is 20.2 Å². The normalized spacial score (nSPS) is 20.5. The van der Waals surface area contributed by atoms with Crippen LogP contribution < -0.4 is 5.32 Å². The molecule has 1 saturated carbocycles. The average Bonchev–Trinajstić information content (AvgIpc) is 3.36. The third kappa shape index (κ3) is 4.41. The monoisotopic (exact) mass is 398 g/mol. The molecule has 1 aliphatic carbocycles. The van der Waals surface area contributed by atoms with Crippen LogP contribution in [0.25, 0.3) is 10.6 Å². The Morgan fingerprint density at radius 3 is 2.79 bits per heavy atom. The molecule has 2 aromatic rings. The molecule has 1 N–H and O–H groups in total. The first kappa shape index (κ1) is 19.1. The van der Waals surface area contributed by atoms with E-state index in [2.05, 4.69) is 15.3 Å². The van der Waals surface area contributed by atoms with E-state index in [0.717, 1.165) is 29.1 Å². The number of hydrogen-bond acceptors (Lipinski definition) is 5. The number of rotatable bonds is 6. The van der Waals surface area contributed by atoms with Crippen molar-refractivity contribution in [2.24, 2.45) is 5.92 Å². The zero-order valence-electron chi connectivity index (χ0n) is 16.0.